The van der Waals surface area contributed by atoms with E-state index in [-0.39, 0.29) is 11.8 Å². The average molecular weight is 275 g/mol. The summed E-state index contributed by atoms with van der Waals surface area (Å²) < 4.78 is 0. The first-order valence-electron chi connectivity index (χ1n) is 7.09. The van der Waals surface area contributed by atoms with Crippen LogP contribution in [-0.4, -0.2) is 10.8 Å². The molecule has 21 heavy (non-hydrogen) atoms. The van der Waals surface area contributed by atoms with E-state index in [1.165, 1.54) is 5.56 Å². The zero-order valence-corrected chi connectivity index (χ0v) is 11.7. The lowest BCUT2D eigenvalue weighted by Gasteiger charge is -2.20. The minimum absolute atomic E-state index is 0.0835. The second kappa shape index (κ2) is 6.23. The molecule has 0 saturated carbocycles. The predicted molar refractivity (Wildman–Crippen MR) is 84.5 cm³/mol. The van der Waals surface area contributed by atoms with E-state index in [0.29, 0.717) is 6.42 Å². The topological polar surface area (TPSA) is 20.3 Å². The molecule has 2 aromatic carbocycles. The Balaban J connectivity index is 1.65. The van der Waals surface area contributed by atoms with Crippen LogP contribution in [0.5, 0.6) is 0 Å². The Kier molecular flexibility index (Phi) is 3.97. The molecular weight excluding hydrogens is 258 g/mol. The standard InChI is InChI=1S/C19H17NO/c21-19(15-16-7-3-1-4-8-16)20-13-11-18(12-14-20)17-9-5-2-6-10-17/h1-14,18H,15H2. The van der Waals surface area contributed by atoms with Crippen LogP contribution in [0.3, 0.4) is 0 Å². The van der Waals surface area contributed by atoms with Crippen LogP contribution in [0.1, 0.15) is 17.0 Å². The van der Waals surface area contributed by atoms with Crippen LogP contribution in [0.15, 0.2) is 85.2 Å². The van der Waals surface area contributed by atoms with Crippen molar-refractivity contribution in [2.75, 3.05) is 0 Å². The molecule has 2 heteroatoms. The van der Waals surface area contributed by atoms with Gasteiger partial charge in [0.25, 0.3) is 0 Å². The highest BCUT2D eigenvalue weighted by Crippen LogP contribution is 2.22. The summed E-state index contributed by atoms with van der Waals surface area (Å²) in [5, 5.41) is 0. The number of carbonyl (C=O) groups excluding carboxylic acids is 1. The molecule has 0 unspecified atom stereocenters. The van der Waals surface area contributed by atoms with Crippen molar-refractivity contribution in [3.63, 3.8) is 0 Å². The van der Waals surface area contributed by atoms with E-state index in [1.807, 2.05) is 60.9 Å². The fourth-order valence-electron chi connectivity index (χ4n) is 2.41. The zero-order valence-electron chi connectivity index (χ0n) is 11.7. The first-order chi connectivity index (χ1) is 10.3. The number of rotatable bonds is 3. The highest BCUT2D eigenvalue weighted by molar-refractivity contribution is 5.81. The normalized spacial score (nSPS) is 14.4. The molecule has 2 aromatic rings. The van der Waals surface area contributed by atoms with Crippen molar-refractivity contribution in [2.45, 2.75) is 12.3 Å². The van der Waals surface area contributed by atoms with Crippen molar-refractivity contribution >= 4 is 5.91 Å². The van der Waals surface area contributed by atoms with Gasteiger partial charge in [-0.15, -0.1) is 0 Å². The Morgan fingerprint density at radius 3 is 2.05 bits per heavy atom. The maximum Gasteiger partial charge on any atom is 0.234 e. The lowest BCUT2D eigenvalue weighted by atomic mass is 9.97. The van der Waals surface area contributed by atoms with Gasteiger partial charge in [-0.05, 0) is 11.1 Å². The Morgan fingerprint density at radius 2 is 1.43 bits per heavy atom. The maximum atomic E-state index is 12.2. The number of benzene rings is 2. The minimum Gasteiger partial charge on any atom is -0.295 e. The van der Waals surface area contributed by atoms with Gasteiger partial charge < -0.3 is 0 Å². The van der Waals surface area contributed by atoms with Crippen molar-refractivity contribution in [1.82, 2.24) is 4.90 Å². The summed E-state index contributed by atoms with van der Waals surface area (Å²) in [6.07, 6.45) is 8.26. The number of allylic oxidation sites excluding steroid dienone is 2. The molecule has 0 atom stereocenters. The molecule has 0 spiro atoms. The third-order valence-corrected chi connectivity index (χ3v) is 3.58. The molecule has 0 fully saturated rings. The van der Waals surface area contributed by atoms with Crippen LogP contribution in [0.2, 0.25) is 0 Å². The van der Waals surface area contributed by atoms with Crippen LogP contribution in [0.4, 0.5) is 0 Å². The molecule has 0 aliphatic carbocycles. The van der Waals surface area contributed by atoms with Crippen LogP contribution >= 0.6 is 0 Å². The molecule has 104 valence electrons. The molecule has 3 rings (SSSR count). The molecule has 1 aliphatic heterocycles. The van der Waals surface area contributed by atoms with E-state index < -0.39 is 0 Å². The monoisotopic (exact) mass is 275 g/mol. The summed E-state index contributed by atoms with van der Waals surface area (Å²) in [6.45, 7) is 0. The van der Waals surface area contributed by atoms with Crippen molar-refractivity contribution in [3.05, 3.63) is 96.3 Å². The fourth-order valence-corrected chi connectivity index (χ4v) is 2.41. The van der Waals surface area contributed by atoms with E-state index in [1.54, 1.807) is 4.90 Å². The lowest BCUT2D eigenvalue weighted by molar-refractivity contribution is -0.125. The molecule has 0 bridgehead atoms. The summed E-state index contributed by atoms with van der Waals surface area (Å²) in [6, 6.07) is 20.1. The Labute approximate surface area is 125 Å². The van der Waals surface area contributed by atoms with Gasteiger partial charge in [0, 0.05) is 18.3 Å². The summed E-state index contributed by atoms with van der Waals surface area (Å²) in [7, 11) is 0. The Bertz CT molecular complexity index is 644. The Hall–Kier alpha value is -2.61. The van der Waals surface area contributed by atoms with E-state index in [0.717, 1.165) is 5.56 Å². The van der Waals surface area contributed by atoms with Crippen LogP contribution in [-0.2, 0) is 11.2 Å². The molecule has 1 heterocycles. The summed E-state index contributed by atoms with van der Waals surface area (Å²) >= 11 is 0. The van der Waals surface area contributed by atoms with Gasteiger partial charge in [-0.3, -0.25) is 9.69 Å². The molecule has 0 aromatic heterocycles. The smallest absolute Gasteiger partial charge is 0.234 e. The number of carbonyl (C=O) groups is 1. The fraction of sp³-hybridized carbons (Fsp3) is 0.105. The van der Waals surface area contributed by atoms with Gasteiger partial charge in [0.1, 0.15) is 0 Å². The molecule has 2 nitrogen and oxygen atoms in total. The minimum atomic E-state index is 0.0835. The molecule has 1 amide bonds. The largest absolute Gasteiger partial charge is 0.295 e. The van der Waals surface area contributed by atoms with Crippen LogP contribution in [0.25, 0.3) is 0 Å². The highest BCUT2D eigenvalue weighted by atomic mass is 16.2. The number of hydrogen-bond donors (Lipinski definition) is 0. The zero-order chi connectivity index (χ0) is 14.5. The second-order valence-electron chi connectivity index (χ2n) is 5.08. The van der Waals surface area contributed by atoms with Crippen molar-refractivity contribution in [3.8, 4) is 0 Å². The van der Waals surface area contributed by atoms with Gasteiger partial charge in [-0.1, -0.05) is 72.8 Å². The van der Waals surface area contributed by atoms with Crippen LogP contribution < -0.4 is 0 Å². The number of amides is 1. The molecule has 0 radical (unpaired) electrons. The van der Waals surface area contributed by atoms with E-state index >= 15 is 0 Å². The van der Waals surface area contributed by atoms with Crippen molar-refractivity contribution in [1.29, 1.82) is 0 Å². The third-order valence-electron chi connectivity index (χ3n) is 3.58. The first-order valence-corrected chi connectivity index (χ1v) is 7.09. The molecule has 0 saturated heterocycles. The van der Waals surface area contributed by atoms with Gasteiger partial charge in [-0.25, -0.2) is 0 Å². The summed E-state index contributed by atoms with van der Waals surface area (Å²) in [5.74, 6) is 0.326. The van der Waals surface area contributed by atoms with Gasteiger partial charge >= 0.3 is 0 Å². The predicted octanol–water partition coefficient (Wildman–Crippen LogP) is 3.88. The molecular formula is C19H17NO. The van der Waals surface area contributed by atoms with Gasteiger partial charge in [0.2, 0.25) is 5.91 Å². The second-order valence-corrected chi connectivity index (χ2v) is 5.08. The quantitative estimate of drug-likeness (QED) is 0.832. The van der Waals surface area contributed by atoms with Gasteiger partial charge in [-0.2, -0.15) is 0 Å². The SMILES string of the molecule is O=C(Cc1ccccc1)N1C=CC(c2ccccc2)C=C1. The van der Waals surface area contributed by atoms with Gasteiger partial charge in [0.15, 0.2) is 0 Å². The van der Waals surface area contributed by atoms with E-state index in [4.69, 9.17) is 0 Å². The van der Waals surface area contributed by atoms with Crippen LogP contribution in [0, 0.1) is 0 Å². The maximum absolute atomic E-state index is 12.2. The molecule has 1 aliphatic rings. The highest BCUT2D eigenvalue weighted by Gasteiger charge is 2.14. The van der Waals surface area contributed by atoms with Gasteiger partial charge in [0.05, 0.1) is 6.42 Å². The number of nitrogens with zero attached hydrogens (tertiary/aromatic N) is 1. The van der Waals surface area contributed by atoms with E-state index in [2.05, 4.69) is 24.3 Å². The van der Waals surface area contributed by atoms with E-state index in [9.17, 15) is 4.79 Å². The average Bonchev–Trinajstić information content (AvgIpc) is 2.57. The third kappa shape index (κ3) is 3.29. The molecule has 0 N–H and O–H groups in total. The van der Waals surface area contributed by atoms with Crippen molar-refractivity contribution in [2.24, 2.45) is 0 Å². The van der Waals surface area contributed by atoms with Crippen molar-refractivity contribution < 1.29 is 4.79 Å². The number of hydrogen-bond acceptors (Lipinski definition) is 1. The lowest BCUT2D eigenvalue weighted by Crippen LogP contribution is -2.23. The first kappa shape index (κ1) is 13.4. The summed E-state index contributed by atoms with van der Waals surface area (Å²) in [5.41, 5.74) is 2.27. The summed E-state index contributed by atoms with van der Waals surface area (Å²) in [4.78, 5) is 13.9. The Morgan fingerprint density at radius 1 is 0.857 bits per heavy atom.